The molecule has 0 spiro atoms. The van der Waals surface area contributed by atoms with Crippen LogP contribution in [0.1, 0.15) is 40.0 Å². The zero-order chi connectivity index (χ0) is 13.3. The Bertz CT molecular complexity index is 210. The third kappa shape index (κ3) is 8.16. The van der Waals surface area contributed by atoms with Crippen molar-refractivity contribution in [2.45, 2.75) is 46.1 Å². The maximum Gasteiger partial charge on any atom is 0.320 e. The van der Waals surface area contributed by atoms with Crippen molar-refractivity contribution in [1.29, 1.82) is 0 Å². The van der Waals surface area contributed by atoms with E-state index in [9.17, 15) is 4.79 Å². The molecule has 0 saturated carbocycles. The van der Waals surface area contributed by atoms with Gasteiger partial charge < -0.3 is 15.3 Å². The van der Waals surface area contributed by atoms with Gasteiger partial charge in [0.2, 0.25) is 0 Å². The summed E-state index contributed by atoms with van der Waals surface area (Å²) in [5.41, 5.74) is 0. The molecule has 0 bridgehead atoms. The quantitative estimate of drug-likeness (QED) is 0.615. The van der Waals surface area contributed by atoms with E-state index in [1.54, 1.807) is 0 Å². The van der Waals surface area contributed by atoms with Gasteiger partial charge in [0.15, 0.2) is 0 Å². The number of hydrogen-bond donors (Lipinski definition) is 2. The minimum Gasteiger partial charge on any atom is -0.480 e. The van der Waals surface area contributed by atoms with Crippen molar-refractivity contribution in [3.8, 4) is 0 Å². The van der Waals surface area contributed by atoms with Gasteiger partial charge in [0.05, 0.1) is 0 Å². The largest absolute Gasteiger partial charge is 0.480 e. The second-order valence-electron chi connectivity index (χ2n) is 4.91. The fraction of sp³-hybridized carbons (Fsp3) is 0.923. The summed E-state index contributed by atoms with van der Waals surface area (Å²) in [5, 5.41) is 12.1. The van der Waals surface area contributed by atoms with E-state index in [1.165, 1.54) is 6.42 Å². The fourth-order valence-electron chi connectivity index (χ4n) is 1.73. The van der Waals surface area contributed by atoms with Crippen LogP contribution in [0.5, 0.6) is 0 Å². The second-order valence-corrected chi connectivity index (χ2v) is 4.91. The summed E-state index contributed by atoms with van der Waals surface area (Å²) in [4.78, 5) is 13.2. The van der Waals surface area contributed by atoms with E-state index in [1.807, 2.05) is 6.92 Å². The molecule has 4 nitrogen and oxygen atoms in total. The monoisotopic (exact) mass is 244 g/mol. The Hall–Kier alpha value is -0.610. The fourth-order valence-corrected chi connectivity index (χ4v) is 1.73. The number of rotatable bonds is 10. The maximum atomic E-state index is 11.0. The van der Waals surface area contributed by atoms with Gasteiger partial charge in [-0.25, -0.2) is 0 Å². The zero-order valence-electron chi connectivity index (χ0n) is 11.7. The number of nitrogens with zero attached hydrogens (tertiary/aromatic N) is 1. The average Bonchev–Trinajstić information content (AvgIpc) is 2.28. The number of aliphatic carboxylic acids is 1. The highest BCUT2D eigenvalue weighted by Gasteiger charge is 2.16. The van der Waals surface area contributed by atoms with Gasteiger partial charge in [0, 0.05) is 6.54 Å². The molecule has 0 saturated heterocycles. The molecule has 0 aromatic heterocycles. The Morgan fingerprint density at radius 2 is 2.06 bits per heavy atom. The Kier molecular flexibility index (Phi) is 9.09. The molecule has 17 heavy (non-hydrogen) atoms. The highest BCUT2D eigenvalue weighted by molar-refractivity contribution is 5.73. The molecule has 0 radical (unpaired) electrons. The van der Waals surface area contributed by atoms with Gasteiger partial charge in [-0.15, -0.1) is 0 Å². The summed E-state index contributed by atoms with van der Waals surface area (Å²) < 4.78 is 0. The van der Waals surface area contributed by atoms with Crippen molar-refractivity contribution in [2.75, 3.05) is 26.7 Å². The highest BCUT2D eigenvalue weighted by atomic mass is 16.4. The van der Waals surface area contributed by atoms with Crippen molar-refractivity contribution in [3.05, 3.63) is 0 Å². The molecule has 0 aromatic carbocycles. The van der Waals surface area contributed by atoms with Crippen molar-refractivity contribution in [1.82, 2.24) is 10.2 Å². The highest BCUT2D eigenvalue weighted by Crippen LogP contribution is 2.04. The van der Waals surface area contributed by atoms with Crippen LogP contribution in [-0.4, -0.2) is 48.7 Å². The standard InChI is InChI=1S/C13H28N2O2/c1-5-8-14-12(13(16)17)7-9-15(4)10-11(3)6-2/h11-12,14H,5-10H2,1-4H3,(H,16,17). The lowest BCUT2D eigenvalue weighted by Crippen LogP contribution is -2.40. The van der Waals surface area contributed by atoms with Crippen LogP contribution in [0.25, 0.3) is 0 Å². The molecule has 0 aromatic rings. The van der Waals surface area contributed by atoms with Crippen LogP contribution in [0.3, 0.4) is 0 Å². The summed E-state index contributed by atoms with van der Waals surface area (Å²) in [6, 6.07) is -0.408. The topological polar surface area (TPSA) is 52.6 Å². The first-order chi connectivity index (χ1) is 8.01. The van der Waals surface area contributed by atoms with Crippen LogP contribution in [0.2, 0.25) is 0 Å². The van der Waals surface area contributed by atoms with Gasteiger partial charge >= 0.3 is 5.97 Å². The Balaban J connectivity index is 3.90. The van der Waals surface area contributed by atoms with Crippen molar-refractivity contribution in [2.24, 2.45) is 5.92 Å². The van der Waals surface area contributed by atoms with Crippen LogP contribution < -0.4 is 5.32 Å². The number of carboxylic acids is 1. The number of carboxylic acid groups (broad SMARTS) is 1. The molecule has 4 heteroatoms. The van der Waals surface area contributed by atoms with E-state index in [0.29, 0.717) is 12.3 Å². The lowest BCUT2D eigenvalue weighted by molar-refractivity contribution is -0.139. The van der Waals surface area contributed by atoms with Crippen LogP contribution in [0.15, 0.2) is 0 Å². The zero-order valence-corrected chi connectivity index (χ0v) is 11.7. The second kappa shape index (κ2) is 9.42. The van der Waals surface area contributed by atoms with Crippen molar-refractivity contribution >= 4 is 5.97 Å². The molecule has 2 atom stereocenters. The SMILES string of the molecule is CCCNC(CCN(C)CC(C)CC)C(=O)O. The van der Waals surface area contributed by atoms with Gasteiger partial charge in [0.1, 0.15) is 6.04 Å². The predicted molar refractivity (Wildman–Crippen MR) is 71.3 cm³/mol. The van der Waals surface area contributed by atoms with Crippen LogP contribution in [-0.2, 0) is 4.79 Å². The Morgan fingerprint density at radius 1 is 1.41 bits per heavy atom. The summed E-state index contributed by atoms with van der Waals surface area (Å²) in [6.45, 7) is 9.09. The summed E-state index contributed by atoms with van der Waals surface area (Å²) in [5.74, 6) is -0.0673. The molecule has 0 heterocycles. The van der Waals surface area contributed by atoms with E-state index in [2.05, 4.69) is 31.1 Å². The minimum absolute atomic E-state index is 0.408. The van der Waals surface area contributed by atoms with Gasteiger partial charge in [-0.05, 0) is 38.9 Å². The normalized spacial score (nSPS) is 14.9. The van der Waals surface area contributed by atoms with Crippen molar-refractivity contribution in [3.63, 3.8) is 0 Å². The van der Waals surface area contributed by atoms with Crippen LogP contribution in [0.4, 0.5) is 0 Å². The minimum atomic E-state index is -0.740. The summed E-state index contributed by atoms with van der Waals surface area (Å²) >= 11 is 0. The first-order valence-electron chi connectivity index (χ1n) is 6.65. The van der Waals surface area contributed by atoms with Gasteiger partial charge in [-0.2, -0.15) is 0 Å². The molecular formula is C13H28N2O2. The molecule has 0 amide bonds. The van der Waals surface area contributed by atoms with Gasteiger partial charge in [-0.3, -0.25) is 4.79 Å². The summed E-state index contributed by atoms with van der Waals surface area (Å²) in [7, 11) is 2.06. The molecule has 2 N–H and O–H groups in total. The average molecular weight is 244 g/mol. The van der Waals surface area contributed by atoms with E-state index in [0.717, 1.165) is 26.1 Å². The molecule has 0 aliphatic carbocycles. The third-order valence-electron chi connectivity index (χ3n) is 3.06. The first kappa shape index (κ1) is 16.4. The summed E-state index contributed by atoms with van der Waals surface area (Å²) in [6.07, 6.45) is 2.80. The van der Waals surface area contributed by atoms with E-state index < -0.39 is 12.0 Å². The van der Waals surface area contributed by atoms with E-state index >= 15 is 0 Å². The number of hydrogen-bond acceptors (Lipinski definition) is 3. The molecule has 102 valence electrons. The molecule has 0 aliphatic heterocycles. The maximum absolute atomic E-state index is 11.0. The third-order valence-corrected chi connectivity index (χ3v) is 3.06. The van der Waals surface area contributed by atoms with E-state index in [4.69, 9.17) is 5.11 Å². The van der Waals surface area contributed by atoms with Crippen LogP contribution in [0, 0.1) is 5.92 Å². The number of carbonyl (C=O) groups is 1. The molecule has 2 unspecified atom stereocenters. The first-order valence-corrected chi connectivity index (χ1v) is 6.65. The Labute approximate surface area is 105 Å². The smallest absolute Gasteiger partial charge is 0.320 e. The molecule has 0 fully saturated rings. The van der Waals surface area contributed by atoms with Crippen LogP contribution >= 0.6 is 0 Å². The van der Waals surface area contributed by atoms with E-state index in [-0.39, 0.29) is 0 Å². The Morgan fingerprint density at radius 3 is 2.53 bits per heavy atom. The molecular weight excluding hydrogens is 216 g/mol. The van der Waals surface area contributed by atoms with Gasteiger partial charge in [0.25, 0.3) is 0 Å². The number of nitrogens with one attached hydrogen (secondary N) is 1. The molecule has 0 rings (SSSR count). The van der Waals surface area contributed by atoms with Gasteiger partial charge in [-0.1, -0.05) is 27.2 Å². The molecule has 0 aliphatic rings. The van der Waals surface area contributed by atoms with Crippen molar-refractivity contribution < 1.29 is 9.90 Å². The lowest BCUT2D eigenvalue weighted by atomic mass is 10.1. The predicted octanol–water partition coefficient (Wildman–Crippen LogP) is 1.81. The lowest BCUT2D eigenvalue weighted by Gasteiger charge is -2.22.